The molecule has 140 valence electrons. The van der Waals surface area contributed by atoms with Crippen molar-refractivity contribution in [1.82, 2.24) is 0 Å². The maximum Gasteiger partial charge on any atom is 0.205 e. The van der Waals surface area contributed by atoms with E-state index in [0.717, 1.165) is 18.4 Å². The Labute approximate surface area is 152 Å². The average Bonchev–Trinajstić information content (AvgIpc) is 2.58. The van der Waals surface area contributed by atoms with Gasteiger partial charge >= 0.3 is 0 Å². The molecule has 0 aromatic heterocycles. The van der Waals surface area contributed by atoms with Crippen LogP contribution >= 0.6 is 0 Å². The number of fused-ring (bicyclic) bond motifs is 1. The van der Waals surface area contributed by atoms with Crippen molar-refractivity contribution in [2.75, 3.05) is 6.61 Å². The van der Waals surface area contributed by atoms with Crippen LogP contribution in [0.3, 0.4) is 0 Å². The van der Waals surface area contributed by atoms with Gasteiger partial charge in [0.1, 0.15) is 11.9 Å². The Morgan fingerprint density at radius 1 is 1.23 bits per heavy atom. The maximum atomic E-state index is 13.4. The molecule has 2 bridgehead atoms. The molecule has 5 nitrogen and oxygen atoms in total. The minimum Gasteiger partial charge on any atom is -0.387 e. The van der Waals surface area contributed by atoms with Crippen molar-refractivity contribution in [1.29, 1.82) is 0 Å². The van der Waals surface area contributed by atoms with Crippen LogP contribution in [0.1, 0.15) is 39.5 Å². The van der Waals surface area contributed by atoms with Crippen LogP contribution in [0, 0.1) is 45.8 Å². The van der Waals surface area contributed by atoms with Gasteiger partial charge in [-0.25, -0.2) is 0 Å². The normalized spacial score (nSPS) is 61.2. The van der Waals surface area contributed by atoms with Gasteiger partial charge in [-0.2, -0.15) is 0 Å². The van der Waals surface area contributed by atoms with Crippen LogP contribution in [0.2, 0.25) is 0 Å². The molecule has 2 spiro atoms. The topological polar surface area (TPSA) is 83.8 Å². The summed E-state index contributed by atoms with van der Waals surface area (Å²) in [7, 11) is 0. The quantitative estimate of drug-likeness (QED) is 0.641. The molecule has 2 saturated heterocycles. The molecular weight excluding hydrogens is 332 g/mol. The highest BCUT2D eigenvalue weighted by Crippen LogP contribution is 2.83. The lowest BCUT2D eigenvalue weighted by molar-refractivity contribution is -0.455. The maximum absolute atomic E-state index is 13.4. The van der Waals surface area contributed by atoms with E-state index in [1.54, 1.807) is 0 Å². The average molecular weight is 358 g/mol. The first-order valence-electron chi connectivity index (χ1n) is 9.96. The Morgan fingerprint density at radius 2 is 1.96 bits per heavy atom. The molecule has 7 aliphatic rings. The number of aliphatic hydroxyl groups excluding tert-OH is 1. The molecule has 5 heteroatoms. The second-order valence-electron chi connectivity index (χ2n) is 10.4. The Bertz CT molecular complexity index is 800. The van der Waals surface area contributed by atoms with Gasteiger partial charge in [0.05, 0.1) is 17.4 Å². The monoisotopic (exact) mass is 358 g/mol. The number of ketones is 2. The van der Waals surface area contributed by atoms with Crippen LogP contribution in [0.15, 0.2) is 12.2 Å². The molecule has 2 unspecified atom stereocenters. The van der Waals surface area contributed by atoms with Crippen molar-refractivity contribution < 1.29 is 24.5 Å². The van der Waals surface area contributed by atoms with Crippen LogP contribution < -0.4 is 0 Å². The number of hydrogen-bond donors (Lipinski definition) is 2. The van der Waals surface area contributed by atoms with Crippen LogP contribution in [0.4, 0.5) is 0 Å². The third-order valence-corrected chi connectivity index (χ3v) is 9.57. The molecular formula is C21H26O5. The summed E-state index contributed by atoms with van der Waals surface area (Å²) in [6.45, 7) is 8.39. The van der Waals surface area contributed by atoms with Crippen molar-refractivity contribution in [3.63, 3.8) is 0 Å². The van der Waals surface area contributed by atoms with Crippen molar-refractivity contribution in [3.05, 3.63) is 12.2 Å². The smallest absolute Gasteiger partial charge is 0.205 e. The lowest BCUT2D eigenvalue weighted by Crippen LogP contribution is -2.91. The Hall–Kier alpha value is -1.04. The van der Waals surface area contributed by atoms with E-state index < -0.39 is 22.7 Å². The molecule has 0 aromatic carbocycles. The largest absolute Gasteiger partial charge is 0.387 e. The zero-order valence-electron chi connectivity index (χ0n) is 15.3. The Kier molecular flexibility index (Phi) is 2.48. The number of Topliss-reactive ketones (excluding diaryl/α,β-unsaturated/α-hetero) is 2. The first-order valence-corrected chi connectivity index (χ1v) is 9.96. The summed E-state index contributed by atoms with van der Waals surface area (Å²) in [5.74, 6) is -2.36. The van der Waals surface area contributed by atoms with Gasteiger partial charge in [0.25, 0.3) is 0 Å². The van der Waals surface area contributed by atoms with Gasteiger partial charge in [0.2, 0.25) is 5.79 Å². The van der Waals surface area contributed by atoms with E-state index >= 15 is 0 Å². The summed E-state index contributed by atoms with van der Waals surface area (Å²) in [6, 6.07) is 0. The van der Waals surface area contributed by atoms with Gasteiger partial charge in [-0.3, -0.25) is 9.59 Å². The standard InChI is InChI=1S/C21H26O5/c1-9-10-4-5-11-19-8-26-21(25,20(11)14(10)13(9)16(20)23)17(24)15(19)18(2,3)7-6-12(19)22/h10-11,13-15,17,24-25H,1,4-8H2,2-3H3/t10-,11-,13?,14-,15+,17-,19+,20+,21?/m0/s1. The van der Waals surface area contributed by atoms with E-state index in [2.05, 4.69) is 20.4 Å². The fourth-order valence-electron chi connectivity index (χ4n) is 8.70. The molecule has 2 N–H and O–H groups in total. The highest BCUT2D eigenvalue weighted by Gasteiger charge is 2.91. The summed E-state index contributed by atoms with van der Waals surface area (Å²) in [5.41, 5.74) is -1.25. The zero-order chi connectivity index (χ0) is 18.4. The predicted molar refractivity (Wildman–Crippen MR) is 90.6 cm³/mol. The van der Waals surface area contributed by atoms with Gasteiger partial charge in [-0.15, -0.1) is 0 Å². The van der Waals surface area contributed by atoms with E-state index in [0.29, 0.717) is 12.8 Å². The number of aliphatic hydroxyl groups is 2. The third-order valence-electron chi connectivity index (χ3n) is 9.57. The fourth-order valence-corrected chi connectivity index (χ4v) is 8.70. The predicted octanol–water partition coefficient (Wildman–Crippen LogP) is 1.47. The molecule has 0 radical (unpaired) electrons. The van der Waals surface area contributed by atoms with E-state index in [9.17, 15) is 19.8 Å². The minimum absolute atomic E-state index is 0.0168. The van der Waals surface area contributed by atoms with Crippen LogP contribution in [-0.4, -0.2) is 40.3 Å². The van der Waals surface area contributed by atoms with Crippen molar-refractivity contribution in [2.45, 2.75) is 51.4 Å². The molecule has 2 aliphatic heterocycles. The number of ether oxygens (including phenoxy) is 1. The summed E-state index contributed by atoms with van der Waals surface area (Å²) in [5, 5.41) is 23.0. The van der Waals surface area contributed by atoms with Gasteiger partial charge in [-0.05, 0) is 42.4 Å². The molecule has 0 aromatic rings. The molecule has 7 fully saturated rings. The molecule has 0 amide bonds. The Morgan fingerprint density at radius 3 is 2.69 bits per heavy atom. The van der Waals surface area contributed by atoms with Crippen LogP contribution in [0.25, 0.3) is 0 Å². The summed E-state index contributed by atoms with van der Waals surface area (Å²) in [4.78, 5) is 26.7. The van der Waals surface area contributed by atoms with Crippen molar-refractivity contribution in [3.8, 4) is 0 Å². The van der Waals surface area contributed by atoms with Gasteiger partial charge < -0.3 is 14.9 Å². The number of carbonyl (C=O) groups excluding carboxylic acids is 2. The van der Waals surface area contributed by atoms with Crippen LogP contribution in [0.5, 0.6) is 0 Å². The van der Waals surface area contributed by atoms with Gasteiger partial charge in [0.15, 0.2) is 5.78 Å². The van der Waals surface area contributed by atoms with Crippen molar-refractivity contribution >= 4 is 11.6 Å². The van der Waals surface area contributed by atoms with E-state index in [1.807, 2.05) is 0 Å². The molecule has 5 aliphatic carbocycles. The first kappa shape index (κ1) is 16.0. The van der Waals surface area contributed by atoms with E-state index in [-0.39, 0.29) is 53.2 Å². The van der Waals surface area contributed by atoms with Gasteiger partial charge in [0, 0.05) is 18.3 Å². The summed E-state index contributed by atoms with van der Waals surface area (Å²) in [6.07, 6.45) is 1.61. The highest BCUT2D eigenvalue weighted by atomic mass is 16.6. The van der Waals surface area contributed by atoms with E-state index in [1.165, 1.54) is 0 Å². The number of hydrogen-bond acceptors (Lipinski definition) is 5. The summed E-state index contributed by atoms with van der Waals surface area (Å²) >= 11 is 0. The Balaban J connectivity index is 1.62. The third kappa shape index (κ3) is 1.15. The zero-order valence-corrected chi connectivity index (χ0v) is 15.3. The molecule has 9 atom stereocenters. The molecule has 26 heavy (non-hydrogen) atoms. The van der Waals surface area contributed by atoms with E-state index in [4.69, 9.17) is 4.74 Å². The number of carbonyl (C=O) groups is 2. The molecule has 2 heterocycles. The second-order valence-corrected chi connectivity index (χ2v) is 10.4. The summed E-state index contributed by atoms with van der Waals surface area (Å²) < 4.78 is 5.90. The lowest BCUT2D eigenvalue weighted by Gasteiger charge is -2.82. The SMILES string of the molecule is C=C1C2C(=O)[C@]34[C@H]2[C@H]1CC[C@H]3[C@@]12COC4(O)[C@@H](O)[C@@H]1C(C)(C)CCC2=O. The van der Waals surface area contributed by atoms with Crippen molar-refractivity contribution in [2.24, 2.45) is 45.8 Å². The fraction of sp³-hybridized carbons (Fsp3) is 0.810. The first-order chi connectivity index (χ1) is 12.2. The number of rotatable bonds is 0. The molecule has 5 saturated carbocycles. The van der Waals surface area contributed by atoms with Gasteiger partial charge in [-0.1, -0.05) is 26.0 Å². The minimum atomic E-state index is -1.86. The highest BCUT2D eigenvalue weighted by molar-refractivity contribution is 6.02. The molecule has 7 rings (SSSR count). The lowest BCUT2D eigenvalue weighted by atomic mass is 9.23. The number of allylic oxidation sites excluding steroid dienone is 1. The van der Waals surface area contributed by atoms with Crippen LogP contribution in [-0.2, 0) is 14.3 Å². The second kappa shape index (κ2) is 4.03.